The number of para-hydroxylation sites is 2. The number of hydrogen-bond donors (Lipinski definition) is 0. The van der Waals surface area contributed by atoms with Crippen LogP contribution in [0.5, 0.6) is 0 Å². The number of aromatic nitrogens is 5. The Kier molecular flexibility index (Phi) is 7.13. The largest absolute Gasteiger partial charge is 0.454 e. The fourth-order valence-corrected chi connectivity index (χ4v) is 8.56. The molecule has 270 valence electrons. The Labute approximate surface area is 332 Å². The molecule has 0 aliphatic carbocycles. The van der Waals surface area contributed by atoms with Crippen molar-refractivity contribution in [1.29, 1.82) is 0 Å². The number of hydrogen-bond acceptors (Lipinski definition) is 5. The smallest absolute Gasteiger partial charge is 0.164 e. The van der Waals surface area contributed by atoms with Gasteiger partial charge in [-0.3, -0.25) is 4.98 Å². The minimum Gasteiger partial charge on any atom is -0.454 e. The molecule has 0 amide bonds. The fraction of sp³-hybridized carbons (Fsp3) is 0. The van der Waals surface area contributed by atoms with Gasteiger partial charge in [0.2, 0.25) is 0 Å². The van der Waals surface area contributed by atoms with Gasteiger partial charge in [-0.25, -0.2) is 15.0 Å². The molecule has 0 atom stereocenters. The third-order valence-corrected chi connectivity index (χ3v) is 11.4. The molecule has 8 aromatic carbocycles. The first-order chi connectivity index (χ1) is 28.7. The second kappa shape index (κ2) is 12.8. The Morgan fingerprint density at radius 2 is 0.983 bits per heavy atom. The maximum absolute atomic E-state index is 6.26. The molecule has 0 unspecified atom stereocenters. The van der Waals surface area contributed by atoms with Gasteiger partial charge in [0, 0.05) is 49.8 Å². The summed E-state index contributed by atoms with van der Waals surface area (Å²) in [5.41, 5.74) is 9.86. The van der Waals surface area contributed by atoms with Gasteiger partial charge in [0.1, 0.15) is 5.58 Å². The predicted molar refractivity (Wildman–Crippen MR) is 236 cm³/mol. The normalized spacial score (nSPS) is 11.8. The van der Waals surface area contributed by atoms with Crippen LogP contribution in [0.4, 0.5) is 0 Å². The highest BCUT2D eigenvalue weighted by Gasteiger charge is 2.19. The predicted octanol–water partition coefficient (Wildman–Crippen LogP) is 13.2. The van der Waals surface area contributed by atoms with E-state index < -0.39 is 0 Å². The van der Waals surface area contributed by atoms with Crippen LogP contribution in [0.15, 0.2) is 193 Å². The Balaban J connectivity index is 1.04. The molecule has 12 rings (SSSR count). The molecule has 0 aliphatic heterocycles. The Morgan fingerprint density at radius 3 is 1.78 bits per heavy atom. The Bertz CT molecular complexity index is 3530. The van der Waals surface area contributed by atoms with Gasteiger partial charge in [0.25, 0.3) is 0 Å². The molecule has 4 aromatic heterocycles. The molecule has 0 radical (unpaired) electrons. The zero-order chi connectivity index (χ0) is 38.2. The van der Waals surface area contributed by atoms with Crippen molar-refractivity contribution in [2.75, 3.05) is 0 Å². The molecule has 12 aromatic rings. The first-order valence-electron chi connectivity index (χ1n) is 19.4. The summed E-state index contributed by atoms with van der Waals surface area (Å²) in [6.45, 7) is 0. The van der Waals surface area contributed by atoms with Crippen LogP contribution in [0.25, 0.3) is 116 Å². The summed E-state index contributed by atoms with van der Waals surface area (Å²) in [6, 6.07) is 61.8. The molecule has 6 heteroatoms. The number of furan rings is 1. The van der Waals surface area contributed by atoms with Crippen LogP contribution >= 0.6 is 0 Å². The van der Waals surface area contributed by atoms with E-state index in [-0.39, 0.29) is 0 Å². The minimum absolute atomic E-state index is 0.564. The number of nitrogens with zero attached hydrogens (tertiary/aromatic N) is 5. The van der Waals surface area contributed by atoms with Crippen molar-refractivity contribution in [1.82, 2.24) is 24.5 Å². The molecule has 0 N–H and O–H groups in total. The summed E-state index contributed by atoms with van der Waals surface area (Å²) in [7, 11) is 0. The lowest BCUT2D eigenvalue weighted by atomic mass is 10.00. The van der Waals surface area contributed by atoms with Crippen molar-refractivity contribution in [3.8, 4) is 51.0 Å². The van der Waals surface area contributed by atoms with Gasteiger partial charge in [0.05, 0.1) is 22.9 Å². The summed E-state index contributed by atoms with van der Waals surface area (Å²) in [4.78, 5) is 19.8. The Morgan fingerprint density at radius 1 is 0.379 bits per heavy atom. The number of benzene rings is 8. The zero-order valence-electron chi connectivity index (χ0n) is 31.0. The van der Waals surface area contributed by atoms with Crippen molar-refractivity contribution in [3.63, 3.8) is 0 Å². The van der Waals surface area contributed by atoms with Crippen molar-refractivity contribution in [2.45, 2.75) is 0 Å². The lowest BCUT2D eigenvalue weighted by Gasteiger charge is -2.15. The molecule has 58 heavy (non-hydrogen) atoms. The molecule has 0 fully saturated rings. The highest BCUT2D eigenvalue weighted by molar-refractivity contribution is 6.11. The van der Waals surface area contributed by atoms with Crippen LogP contribution in [-0.4, -0.2) is 24.5 Å². The number of fused-ring (bicyclic) bond motifs is 8. The van der Waals surface area contributed by atoms with E-state index in [9.17, 15) is 0 Å². The van der Waals surface area contributed by atoms with E-state index in [1.165, 1.54) is 21.5 Å². The topological polar surface area (TPSA) is 69.6 Å². The zero-order valence-corrected chi connectivity index (χ0v) is 31.0. The maximum atomic E-state index is 6.26. The van der Waals surface area contributed by atoms with E-state index in [1.807, 2.05) is 12.1 Å². The van der Waals surface area contributed by atoms with E-state index >= 15 is 0 Å². The third-order valence-electron chi connectivity index (χ3n) is 11.4. The van der Waals surface area contributed by atoms with Crippen molar-refractivity contribution < 1.29 is 4.42 Å². The van der Waals surface area contributed by atoms with Crippen LogP contribution in [-0.2, 0) is 0 Å². The van der Waals surface area contributed by atoms with Crippen molar-refractivity contribution in [2.24, 2.45) is 0 Å². The maximum Gasteiger partial charge on any atom is 0.164 e. The highest BCUT2D eigenvalue weighted by Crippen LogP contribution is 2.39. The summed E-state index contributed by atoms with van der Waals surface area (Å²) in [6.07, 6.45) is 3.54. The van der Waals surface area contributed by atoms with E-state index in [2.05, 4.69) is 173 Å². The average molecular weight is 742 g/mol. The monoisotopic (exact) mass is 741 g/mol. The van der Waals surface area contributed by atoms with Crippen LogP contribution in [0.1, 0.15) is 0 Å². The summed E-state index contributed by atoms with van der Waals surface area (Å²) in [5, 5.41) is 9.08. The van der Waals surface area contributed by atoms with Crippen LogP contribution in [0.3, 0.4) is 0 Å². The average Bonchev–Trinajstić information content (AvgIpc) is 3.84. The molecule has 0 spiro atoms. The number of rotatable bonds is 5. The molecule has 0 saturated heterocycles. The molecular weight excluding hydrogens is 711 g/mol. The summed E-state index contributed by atoms with van der Waals surface area (Å²) >= 11 is 0. The molecule has 0 bridgehead atoms. The van der Waals surface area contributed by atoms with Crippen LogP contribution in [0, 0.1) is 0 Å². The van der Waals surface area contributed by atoms with E-state index in [0.29, 0.717) is 17.5 Å². The summed E-state index contributed by atoms with van der Waals surface area (Å²) < 4.78 is 8.63. The van der Waals surface area contributed by atoms with Gasteiger partial charge in [0.15, 0.2) is 23.1 Å². The van der Waals surface area contributed by atoms with E-state index in [4.69, 9.17) is 19.4 Å². The first kappa shape index (κ1) is 32.3. The van der Waals surface area contributed by atoms with Crippen LogP contribution in [0.2, 0.25) is 0 Å². The third kappa shape index (κ3) is 5.12. The lowest BCUT2D eigenvalue weighted by Crippen LogP contribution is -2.02. The second-order valence-electron chi connectivity index (χ2n) is 14.7. The van der Waals surface area contributed by atoms with Gasteiger partial charge in [-0.05, 0) is 75.8 Å². The van der Waals surface area contributed by atoms with Gasteiger partial charge >= 0.3 is 0 Å². The fourth-order valence-electron chi connectivity index (χ4n) is 8.56. The van der Waals surface area contributed by atoms with Crippen LogP contribution < -0.4 is 0 Å². The molecular formula is C52H31N5O. The Hall–Kier alpha value is -7.96. The van der Waals surface area contributed by atoms with E-state index in [1.54, 1.807) is 12.4 Å². The van der Waals surface area contributed by atoms with Crippen molar-refractivity contribution in [3.05, 3.63) is 188 Å². The van der Waals surface area contributed by atoms with Gasteiger partial charge < -0.3 is 8.98 Å². The SMILES string of the molecule is c1ccc2cc(-c3ccc(-c4nc(-c5ccc6c(c5)oc5cnccc56)nc(-c5ccc(-n6c7ccccc7c7ccccc76)c6ccccc56)n4)cc3)ccc2c1. The molecule has 6 nitrogen and oxygen atoms in total. The quantitative estimate of drug-likeness (QED) is 0.176. The lowest BCUT2D eigenvalue weighted by molar-refractivity contribution is 0.667. The van der Waals surface area contributed by atoms with E-state index in [0.717, 1.165) is 77.2 Å². The second-order valence-corrected chi connectivity index (χ2v) is 14.7. The standard InChI is InChI=1S/C52H31N5O/c1-2-10-35-29-36(22-19-32(35)9-1)33-17-20-34(21-18-33)50-54-51(37-23-24-42-43-27-28-53-31-49(43)58-48(42)30-37)56-52(55-50)44-25-26-47(39-12-4-3-11-38(39)44)57-45-15-7-5-13-40(45)41-14-6-8-16-46(41)57/h1-31H. The number of pyridine rings is 1. The van der Waals surface area contributed by atoms with Gasteiger partial charge in [-0.15, -0.1) is 0 Å². The minimum atomic E-state index is 0.564. The molecule has 0 aliphatic rings. The highest BCUT2D eigenvalue weighted by atomic mass is 16.3. The first-order valence-corrected chi connectivity index (χ1v) is 19.4. The van der Waals surface area contributed by atoms with Crippen molar-refractivity contribution >= 4 is 65.3 Å². The molecule has 4 heterocycles. The van der Waals surface area contributed by atoms with Gasteiger partial charge in [-0.2, -0.15) is 0 Å². The summed E-state index contributed by atoms with van der Waals surface area (Å²) in [5.74, 6) is 1.75. The molecule has 0 saturated carbocycles. The van der Waals surface area contributed by atoms with Gasteiger partial charge in [-0.1, -0.05) is 127 Å².